The number of aromatic nitrogens is 1. The number of carbonyl (C=O) groups excluding carboxylic acids is 1. The minimum Gasteiger partial charge on any atom is -0.382 e. The minimum absolute atomic E-state index is 0.162. The largest absolute Gasteiger partial charge is 0.382 e. The lowest BCUT2D eigenvalue weighted by Gasteiger charge is -2.07. The molecule has 19 heavy (non-hydrogen) atoms. The maximum absolute atomic E-state index is 11.9. The van der Waals surface area contributed by atoms with Crippen molar-refractivity contribution in [1.82, 2.24) is 10.3 Å². The number of nitrogen functional groups attached to an aromatic ring is 1. The van der Waals surface area contributed by atoms with Gasteiger partial charge in [0.05, 0.1) is 12.7 Å². The van der Waals surface area contributed by atoms with Crippen LogP contribution in [0.1, 0.15) is 36.9 Å². The van der Waals surface area contributed by atoms with Crippen LogP contribution in [0, 0.1) is 0 Å². The number of ether oxygens (including phenoxy) is 1. The van der Waals surface area contributed by atoms with Crippen LogP contribution in [0.3, 0.4) is 0 Å². The summed E-state index contributed by atoms with van der Waals surface area (Å²) in [5, 5.41) is 6.56. The monoisotopic (exact) mass is 286 g/mol. The topological polar surface area (TPSA) is 89.3 Å². The molecule has 0 saturated carbocycles. The van der Waals surface area contributed by atoms with Crippen LogP contribution in [-0.4, -0.2) is 36.7 Å². The highest BCUT2D eigenvalue weighted by atomic mass is 32.1. The fourth-order valence-corrected chi connectivity index (χ4v) is 2.17. The molecule has 0 aromatic carbocycles. The Morgan fingerprint density at radius 1 is 1.47 bits per heavy atom. The molecular formula is C12H22N4O2S. The smallest absolute Gasteiger partial charge is 0.265 e. The van der Waals surface area contributed by atoms with Crippen molar-refractivity contribution in [3.05, 3.63) is 4.88 Å². The summed E-state index contributed by atoms with van der Waals surface area (Å²) in [7, 11) is 0. The van der Waals surface area contributed by atoms with Crippen LogP contribution in [0.25, 0.3) is 0 Å². The summed E-state index contributed by atoms with van der Waals surface area (Å²) in [5.41, 5.74) is 5.73. The van der Waals surface area contributed by atoms with E-state index in [1.165, 1.54) is 11.3 Å². The van der Waals surface area contributed by atoms with E-state index in [0.29, 0.717) is 23.2 Å². The first kappa shape index (κ1) is 15.7. The van der Waals surface area contributed by atoms with E-state index >= 15 is 0 Å². The Hall–Kier alpha value is -1.34. The van der Waals surface area contributed by atoms with E-state index in [-0.39, 0.29) is 17.8 Å². The van der Waals surface area contributed by atoms with E-state index < -0.39 is 0 Å². The molecule has 0 atom stereocenters. The fraction of sp³-hybridized carbons (Fsp3) is 0.667. The number of rotatable bonds is 8. The van der Waals surface area contributed by atoms with Gasteiger partial charge in [-0.2, -0.15) is 0 Å². The zero-order chi connectivity index (χ0) is 14.3. The molecule has 0 aliphatic carbocycles. The maximum atomic E-state index is 11.9. The molecule has 7 heteroatoms. The number of amides is 1. The number of hydrogen-bond acceptors (Lipinski definition) is 6. The molecule has 0 unspecified atom stereocenters. The van der Waals surface area contributed by atoms with Crippen molar-refractivity contribution in [2.75, 3.05) is 30.7 Å². The van der Waals surface area contributed by atoms with Crippen molar-refractivity contribution in [2.24, 2.45) is 0 Å². The molecule has 1 rings (SSSR count). The Morgan fingerprint density at radius 3 is 2.84 bits per heavy atom. The van der Waals surface area contributed by atoms with Crippen LogP contribution in [0.2, 0.25) is 0 Å². The molecule has 0 aliphatic heterocycles. The van der Waals surface area contributed by atoms with Gasteiger partial charge in [-0.15, -0.1) is 0 Å². The van der Waals surface area contributed by atoms with Crippen LogP contribution < -0.4 is 16.4 Å². The fourth-order valence-electron chi connectivity index (χ4n) is 1.34. The van der Waals surface area contributed by atoms with Gasteiger partial charge in [-0.3, -0.25) is 4.79 Å². The van der Waals surface area contributed by atoms with Crippen LogP contribution in [0.15, 0.2) is 0 Å². The predicted octanol–water partition coefficient (Wildman–Crippen LogP) is 1.70. The minimum atomic E-state index is -0.202. The van der Waals surface area contributed by atoms with Crippen molar-refractivity contribution >= 4 is 28.2 Å². The molecular weight excluding hydrogens is 264 g/mol. The molecule has 0 fully saturated rings. The lowest BCUT2D eigenvalue weighted by Crippen LogP contribution is -2.28. The predicted molar refractivity (Wildman–Crippen MR) is 78.7 cm³/mol. The average Bonchev–Trinajstić information content (AvgIpc) is 2.73. The van der Waals surface area contributed by atoms with Gasteiger partial charge >= 0.3 is 0 Å². The summed E-state index contributed by atoms with van der Waals surface area (Å²) in [6.07, 6.45) is 1.16. The van der Waals surface area contributed by atoms with Gasteiger partial charge in [0.25, 0.3) is 5.91 Å². The summed E-state index contributed by atoms with van der Waals surface area (Å²) in [6, 6.07) is 0. The Balaban J connectivity index is 2.45. The van der Waals surface area contributed by atoms with Gasteiger partial charge in [-0.25, -0.2) is 4.98 Å². The van der Waals surface area contributed by atoms with Crippen molar-refractivity contribution in [2.45, 2.75) is 33.3 Å². The SMILES string of the molecule is CCCNc1nc(N)c(C(=O)NCCOC(C)C)s1. The number of thiazole rings is 1. The molecule has 1 aromatic heterocycles. The molecule has 1 heterocycles. The zero-order valence-electron chi connectivity index (χ0n) is 11.7. The molecule has 0 saturated heterocycles. The number of nitrogens with zero attached hydrogens (tertiary/aromatic N) is 1. The van der Waals surface area contributed by atoms with Crippen LogP contribution in [0.4, 0.5) is 10.9 Å². The highest BCUT2D eigenvalue weighted by Gasteiger charge is 2.15. The van der Waals surface area contributed by atoms with E-state index in [1.807, 2.05) is 13.8 Å². The van der Waals surface area contributed by atoms with E-state index in [4.69, 9.17) is 10.5 Å². The summed E-state index contributed by atoms with van der Waals surface area (Å²) in [5.74, 6) is 0.0674. The first-order valence-corrected chi connectivity index (χ1v) is 7.26. The Bertz CT molecular complexity index is 406. The van der Waals surface area contributed by atoms with Crippen LogP contribution in [-0.2, 0) is 4.74 Å². The first-order valence-electron chi connectivity index (χ1n) is 6.44. The van der Waals surface area contributed by atoms with Gasteiger partial charge in [0.2, 0.25) is 0 Å². The second-order valence-electron chi connectivity index (χ2n) is 4.34. The summed E-state index contributed by atoms with van der Waals surface area (Å²) in [4.78, 5) is 16.5. The van der Waals surface area contributed by atoms with Crippen molar-refractivity contribution in [3.63, 3.8) is 0 Å². The molecule has 0 spiro atoms. The Kier molecular flexibility index (Phi) is 6.58. The highest BCUT2D eigenvalue weighted by molar-refractivity contribution is 7.18. The summed E-state index contributed by atoms with van der Waals surface area (Å²) in [6.45, 7) is 7.74. The van der Waals surface area contributed by atoms with Gasteiger partial charge in [0.15, 0.2) is 5.13 Å². The van der Waals surface area contributed by atoms with Gasteiger partial charge < -0.3 is 21.1 Å². The van der Waals surface area contributed by atoms with E-state index in [2.05, 4.69) is 22.5 Å². The zero-order valence-corrected chi connectivity index (χ0v) is 12.5. The van der Waals surface area contributed by atoms with Crippen molar-refractivity contribution in [3.8, 4) is 0 Å². The quantitative estimate of drug-likeness (QED) is 0.633. The second-order valence-corrected chi connectivity index (χ2v) is 5.33. The van der Waals surface area contributed by atoms with Crippen molar-refractivity contribution in [1.29, 1.82) is 0 Å². The number of nitrogens with two attached hydrogens (primary N) is 1. The molecule has 0 bridgehead atoms. The third kappa shape index (κ3) is 5.44. The van der Waals surface area contributed by atoms with Crippen molar-refractivity contribution < 1.29 is 9.53 Å². The first-order chi connectivity index (χ1) is 9.04. The third-order valence-corrected chi connectivity index (χ3v) is 3.25. The Labute approximate surface area is 117 Å². The lowest BCUT2D eigenvalue weighted by atomic mass is 10.4. The van der Waals surface area contributed by atoms with E-state index in [0.717, 1.165) is 13.0 Å². The number of anilines is 2. The molecule has 0 radical (unpaired) electrons. The average molecular weight is 286 g/mol. The molecule has 1 aromatic rings. The van der Waals surface area contributed by atoms with Crippen LogP contribution in [0.5, 0.6) is 0 Å². The number of hydrogen-bond donors (Lipinski definition) is 3. The van der Waals surface area contributed by atoms with Crippen LogP contribution >= 0.6 is 11.3 Å². The summed E-state index contributed by atoms with van der Waals surface area (Å²) >= 11 is 1.27. The number of nitrogens with one attached hydrogen (secondary N) is 2. The molecule has 4 N–H and O–H groups in total. The maximum Gasteiger partial charge on any atom is 0.265 e. The van der Waals surface area contributed by atoms with Gasteiger partial charge in [0.1, 0.15) is 10.7 Å². The van der Waals surface area contributed by atoms with E-state index in [9.17, 15) is 4.79 Å². The molecule has 6 nitrogen and oxygen atoms in total. The summed E-state index contributed by atoms with van der Waals surface area (Å²) < 4.78 is 5.35. The molecule has 1 amide bonds. The van der Waals surface area contributed by atoms with Gasteiger partial charge in [0, 0.05) is 13.1 Å². The highest BCUT2D eigenvalue weighted by Crippen LogP contribution is 2.24. The standard InChI is InChI=1S/C12H22N4O2S/c1-4-5-15-12-16-10(13)9(19-12)11(17)14-6-7-18-8(2)3/h8H,4-7,13H2,1-3H3,(H,14,17)(H,15,16). The Morgan fingerprint density at radius 2 is 2.21 bits per heavy atom. The molecule has 0 aliphatic rings. The lowest BCUT2D eigenvalue weighted by molar-refractivity contribution is 0.0748. The molecule has 108 valence electrons. The normalized spacial score (nSPS) is 10.7. The third-order valence-electron chi connectivity index (χ3n) is 2.22. The second kappa shape index (κ2) is 7.96. The van der Waals surface area contributed by atoms with E-state index in [1.54, 1.807) is 0 Å². The van der Waals surface area contributed by atoms with Gasteiger partial charge in [-0.1, -0.05) is 18.3 Å². The number of carbonyl (C=O) groups is 1. The van der Waals surface area contributed by atoms with Gasteiger partial charge in [-0.05, 0) is 20.3 Å².